The van der Waals surface area contributed by atoms with Gasteiger partial charge in [0.05, 0.1) is 19.0 Å². The molecule has 1 atom stereocenters. The van der Waals surface area contributed by atoms with Crippen LogP contribution in [0.4, 0.5) is 10.1 Å². The van der Waals surface area contributed by atoms with Gasteiger partial charge in [-0.25, -0.2) is 14.2 Å². The topological polar surface area (TPSA) is 77.5 Å². The van der Waals surface area contributed by atoms with Crippen LogP contribution in [0.3, 0.4) is 0 Å². The van der Waals surface area contributed by atoms with E-state index >= 15 is 0 Å². The first-order valence-corrected chi connectivity index (χ1v) is 6.73. The molecule has 1 heterocycles. The number of nitrogens with one attached hydrogen (secondary N) is 1. The van der Waals surface area contributed by atoms with Crippen LogP contribution in [0.5, 0.6) is 5.88 Å². The number of aromatic nitrogens is 1. The second-order valence-electron chi connectivity index (χ2n) is 4.39. The molecular formula is C14H19FN2O4. The Hall–Kier alpha value is -2.18. The number of hydrogen-bond acceptors (Lipinski definition) is 5. The van der Waals surface area contributed by atoms with E-state index in [1.54, 1.807) is 0 Å². The van der Waals surface area contributed by atoms with Crippen LogP contribution in [0.25, 0.3) is 0 Å². The standard InChI is InChI=1S/C14H19FN2O4/c1-4-6-10(5-2)21-13-11(15)7-9(8-16-13)17-12(18)14(19)20-3/h7-8,10H,4-6H2,1-3H3,(H,17,18)/t10-/m0/s1. The number of rotatable bonds is 6. The number of ether oxygens (including phenoxy) is 2. The maximum atomic E-state index is 13.9. The Labute approximate surface area is 122 Å². The maximum Gasteiger partial charge on any atom is 0.396 e. The molecule has 0 spiro atoms. The van der Waals surface area contributed by atoms with Crippen molar-refractivity contribution >= 4 is 17.6 Å². The van der Waals surface area contributed by atoms with Crippen molar-refractivity contribution in [3.63, 3.8) is 0 Å². The predicted molar refractivity (Wildman–Crippen MR) is 74.5 cm³/mol. The molecule has 116 valence electrons. The molecule has 1 amide bonds. The Kier molecular flexibility index (Phi) is 6.58. The highest BCUT2D eigenvalue weighted by atomic mass is 19.1. The number of pyridine rings is 1. The molecule has 0 saturated carbocycles. The molecule has 0 bridgehead atoms. The van der Waals surface area contributed by atoms with Crippen LogP contribution >= 0.6 is 0 Å². The number of methoxy groups -OCH3 is 1. The Morgan fingerprint density at radius 3 is 2.67 bits per heavy atom. The molecule has 0 fully saturated rings. The minimum absolute atomic E-state index is 0.0544. The number of carbonyl (C=O) groups is 2. The number of anilines is 1. The lowest BCUT2D eigenvalue weighted by Gasteiger charge is -2.16. The van der Waals surface area contributed by atoms with E-state index in [4.69, 9.17) is 4.74 Å². The van der Waals surface area contributed by atoms with E-state index in [9.17, 15) is 14.0 Å². The molecular weight excluding hydrogens is 279 g/mol. The Morgan fingerprint density at radius 1 is 1.43 bits per heavy atom. The van der Waals surface area contributed by atoms with E-state index in [1.807, 2.05) is 13.8 Å². The number of carbonyl (C=O) groups excluding carboxylic acids is 2. The SMILES string of the molecule is CCC[C@H](CC)Oc1ncc(NC(=O)C(=O)OC)cc1F. The van der Waals surface area contributed by atoms with Crippen molar-refractivity contribution in [2.75, 3.05) is 12.4 Å². The first kappa shape index (κ1) is 16.9. The van der Waals surface area contributed by atoms with Crippen LogP contribution in [0, 0.1) is 5.82 Å². The van der Waals surface area contributed by atoms with E-state index in [0.29, 0.717) is 0 Å². The second kappa shape index (κ2) is 8.18. The minimum atomic E-state index is -1.07. The lowest BCUT2D eigenvalue weighted by molar-refractivity contribution is -0.150. The lowest BCUT2D eigenvalue weighted by atomic mass is 10.2. The molecule has 0 saturated heterocycles. The van der Waals surface area contributed by atoms with Crippen molar-refractivity contribution < 1.29 is 23.5 Å². The number of esters is 1. The van der Waals surface area contributed by atoms with Gasteiger partial charge in [0, 0.05) is 6.07 Å². The summed E-state index contributed by atoms with van der Waals surface area (Å²) < 4.78 is 23.6. The monoisotopic (exact) mass is 298 g/mol. The quantitative estimate of drug-likeness (QED) is 0.644. The molecule has 7 heteroatoms. The van der Waals surface area contributed by atoms with Crippen molar-refractivity contribution in [2.45, 2.75) is 39.2 Å². The molecule has 1 aromatic rings. The van der Waals surface area contributed by atoms with Crippen LogP contribution in [0.1, 0.15) is 33.1 Å². The largest absolute Gasteiger partial charge is 0.472 e. The molecule has 1 aromatic heterocycles. The summed E-state index contributed by atoms with van der Waals surface area (Å²) in [5.74, 6) is -2.88. The van der Waals surface area contributed by atoms with E-state index in [-0.39, 0.29) is 17.7 Å². The van der Waals surface area contributed by atoms with Gasteiger partial charge < -0.3 is 14.8 Å². The van der Waals surface area contributed by atoms with Crippen LogP contribution in [-0.2, 0) is 14.3 Å². The fourth-order valence-corrected chi connectivity index (χ4v) is 1.68. The summed E-state index contributed by atoms with van der Waals surface area (Å²) in [6.07, 6.45) is 3.59. The average Bonchev–Trinajstić information content (AvgIpc) is 2.48. The first-order chi connectivity index (χ1) is 10.0. The van der Waals surface area contributed by atoms with Crippen LogP contribution in [-0.4, -0.2) is 30.1 Å². The van der Waals surface area contributed by atoms with Crippen molar-refractivity contribution in [3.05, 3.63) is 18.1 Å². The highest BCUT2D eigenvalue weighted by Crippen LogP contribution is 2.20. The molecule has 0 aliphatic carbocycles. The van der Waals surface area contributed by atoms with E-state index in [0.717, 1.165) is 32.4 Å². The third-order valence-corrected chi connectivity index (χ3v) is 2.78. The molecule has 6 nitrogen and oxygen atoms in total. The number of amides is 1. The number of hydrogen-bond donors (Lipinski definition) is 1. The summed E-state index contributed by atoms with van der Waals surface area (Å²) in [6, 6.07) is 1.04. The van der Waals surface area contributed by atoms with E-state index in [2.05, 4.69) is 15.0 Å². The number of halogens is 1. The van der Waals surface area contributed by atoms with Gasteiger partial charge in [0.1, 0.15) is 6.10 Å². The normalized spacial score (nSPS) is 11.6. The van der Waals surface area contributed by atoms with Crippen LogP contribution in [0.2, 0.25) is 0 Å². The molecule has 0 aliphatic rings. The highest BCUT2D eigenvalue weighted by molar-refractivity contribution is 6.37. The summed E-state index contributed by atoms with van der Waals surface area (Å²) >= 11 is 0. The van der Waals surface area contributed by atoms with Gasteiger partial charge in [0.2, 0.25) is 0 Å². The van der Waals surface area contributed by atoms with Gasteiger partial charge in [-0.1, -0.05) is 20.3 Å². The lowest BCUT2D eigenvalue weighted by Crippen LogP contribution is -2.24. The van der Waals surface area contributed by atoms with Crippen LogP contribution in [0.15, 0.2) is 12.3 Å². The van der Waals surface area contributed by atoms with Gasteiger partial charge in [0.25, 0.3) is 5.88 Å². The molecule has 0 radical (unpaired) electrons. The van der Waals surface area contributed by atoms with Crippen molar-refractivity contribution in [1.82, 2.24) is 4.98 Å². The van der Waals surface area contributed by atoms with Gasteiger partial charge in [0.15, 0.2) is 5.82 Å². The zero-order valence-corrected chi connectivity index (χ0v) is 12.3. The van der Waals surface area contributed by atoms with Gasteiger partial charge >= 0.3 is 11.9 Å². The number of nitrogens with zero attached hydrogens (tertiary/aromatic N) is 1. The third-order valence-electron chi connectivity index (χ3n) is 2.78. The Morgan fingerprint density at radius 2 is 2.14 bits per heavy atom. The highest BCUT2D eigenvalue weighted by Gasteiger charge is 2.16. The van der Waals surface area contributed by atoms with E-state index < -0.39 is 17.7 Å². The first-order valence-electron chi connectivity index (χ1n) is 6.73. The van der Waals surface area contributed by atoms with Gasteiger partial charge in [-0.3, -0.25) is 4.79 Å². The van der Waals surface area contributed by atoms with Crippen molar-refractivity contribution in [3.8, 4) is 5.88 Å². The molecule has 1 N–H and O–H groups in total. The van der Waals surface area contributed by atoms with Crippen molar-refractivity contribution in [2.24, 2.45) is 0 Å². The maximum absolute atomic E-state index is 13.9. The van der Waals surface area contributed by atoms with Crippen LogP contribution < -0.4 is 10.1 Å². The molecule has 0 aromatic carbocycles. The van der Waals surface area contributed by atoms with Gasteiger partial charge in [-0.15, -0.1) is 0 Å². The summed E-state index contributed by atoms with van der Waals surface area (Å²) in [5.41, 5.74) is 0.0544. The molecule has 0 aliphatic heterocycles. The zero-order chi connectivity index (χ0) is 15.8. The molecule has 21 heavy (non-hydrogen) atoms. The third kappa shape index (κ3) is 5.02. The Balaban J connectivity index is 2.76. The fourth-order valence-electron chi connectivity index (χ4n) is 1.68. The average molecular weight is 298 g/mol. The van der Waals surface area contributed by atoms with E-state index in [1.165, 1.54) is 6.20 Å². The second-order valence-corrected chi connectivity index (χ2v) is 4.39. The summed E-state index contributed by atoms with van der Waals surface area (Å²) in [5, 5.41) is 2.18. The van der Waals surface area contributed by atoms with Gasteiger partial charge in [-0.05, 0) is 12.8 Å². The Bertz CT molecular complexity index is 508. The molecule has 1 rings (SSSR count). The summed E-state index contributed by atoms with van der Waals surface area (Å²) in [7, 11) is 1.08. The zero-order valence-electron chi connectivity index (χ0n) is 12.3. The summed E-state index contributed by atoms with van der Waals surface area (Å²) in [4.78, 5) is 26.1. The summed E-state index contributed by atoms with van der Waals surface area (Å²) in [6.45, 7) is 3.96. The smallest absolute Gasteiger partial charge is 0.396 e. The minimum Gasteiger partial charge on any atom is -0.472 e. The fraction of sp³-hybridized carbons (Fsp3) is 0.500. The molecule has 0 unspecified atom stereocenters. The predicted octanol–water partition coefficient (Wildman–Crippen LogP) is 2.29. The van der Waals surface area contributed by atoms with Gasteiger partial charge in [-0.2, -0.15) is 0 Å². The van der Waals surface area contributed by atoms with Crippen molar-refractivity contribution in [1.29, 1.82) is 0 Å².